The summed E-state index contributed by atoms with van der Waals surface area (Å²) in [6.07, 6.45) is 0. The number of hydrogen-bond acceptors (Lipinski definition) is 3. The molecule has 0 fully saturated rings. The number of amides is 1. The van der Waals surface area contributed by atoms with Gasteiger partial charge in [-0.25, -0.2) is 4.39 Å². The van der Waals surface area contributed by atoms with E-state index >= 15 is 0 Å². The molecule has 0 saturated heterocycles. The molecule has 0 atom stereocenters. The minimum absolute atomic E-state index is 0.124. The Bertz CT molecular complexity index is 1010. The Morgan fingerprint density at radius 1 is 1.17 bits per heavy atom. The Morgan fingerprint density at radius 2 is 1.88 bits per heavy atom. The quantitative estimate of drug-likeness (QED) is 0.748. The molecule has 0 spiro atoms. The second-order valence-corrected chi connectivity index (χ2v) is 5.72. The number of aryl methyl sites for hydroxylation is 3. The first-order valence-corrected chi connectivity index (χ1v) is 7.42. The van der Waals surface area contributed by atoms with Gasteiger partial charge in [-0.1, -0.05) is 12.1 Å². The van der Waals surface area contributed by atoms with Crippen LogP contribution in [-0.4, -0.2) is 5.91 Å². The lowest BCUT2D eigenvalue weighted by molar-refractivity contribution is 0.0998. The molecule has 0 aliphatic rings. The summed E-state index contributed by atoms with van der Waals surface area (Å²) in [6.45, 7) is 5.72. The van der Waals surface area contributed by atoms with Crippen molar-refractivity contribution in [2.45, 2.75) is 20.8 Å². The first kappa shape index (κ1) is 15.8. The maximum atomic E-state index is 13.4. The van der Waals surface area contributed by atoms with Gasteiger partial charge in [-0.2, -0.15) is 5.26 Å². The number of carbonyl (C=O) groups excluding carboxylic acids is 1. The fourth-order valence-corrected chi connectivity index (χ4v) is 2.77. The summed E-state index contributed by atoms with van der Waals surface area (Å²) in [5.41, 5.74) is 3.64. The van der Waals surface area contributed by atoms with Gasteiger partial charge in [-0.15, -0.1) is 0 Å². The maximum Gasteiger partial charge on any atom is 0.291 e. The van der Waals surface area contributed by atoms with Crippen LogP contribution < -0.4 is 5.32 Å². The number of nitrogens with one attached hydrogen (secondary N) is 1. The highest BCUT2D eigenvalue weighted by Crippen LogP contribution is 2.31. The fraction of sp³-hybridized carbons (Fsp3) is 0.158. The van der Waals surface area contributed by atoms with E-state index in [2.05, 4.69) is 5.32 Å². The molecule has 0 unspecified atom stereocenters. The van der Waals surface area contributed by atoms with Crippen LogP contribution in [0.25, 0.3) is 11.0 Å². The number of hydrogen-bond donors (Lipinski definition) is 1. The lowest BCUT2D eigenvalue weighted by Crippen LogP contribution is -2.12. The number of nitriles is 1. The van der Waals surface area contributed by atoms with Crippen LogP contribution in [0.4, 0.5) is 10.1 Å². The first-order valence-electron chi connectivity index (χ1n) is 7.42. The summed E-state index contributed by atoms with van der Waals surface area (Å²) in [5.74, 6) is -0.843. The molecule has 0 radical (unpaired) electrons. The highest BCUT2D eigenvalue weighted by Gasteiger charge is 2.20. The minimum atomic E-state index is -0.623. The van der Waals surface area contributed by atoms with Crippen molar-refractivity contribution in [2.24, 2.45) is 0 Å². The van der Waals surface area contributed by atoms with Crippen LogP contribution in [-0.2, 0) is 0 Å². The van der Waals surface area contributed by atoms with E-state index in [9.17, 15) is 9.18 Å². The third kappa shape index (κ3) is 2.52. The summed E-state index contributed by atoms with van der Waals surface area (Å²) in [7, 11) is 0. The van der Waals surface area contributed by atoms with Gasteiger partial charge in [0.1, 0.15) is 17.5 Å². The summed E-state index contributed by atoms with van der Waals surface area (Å²) in [6, 6.07) is 9.53. The summed E-state index contributed by atoms with van der Waals surface area (Å²) >= 11 is 0. The molecule has 5 heteroatoms. The molecular weight excluding hydrogens is 307 g/mol. The molecular formula is C19H15FN2O2. The number of furan rings is 1. The molecule has 0 saturated carbocycles. The Kier molecular flexibility index (Phi) is 3.82. The van der Waals surface area contributed by atoms with Gasteiger partial charge in [-0.3, -0.25) is 4.79 Å². The molecule has 1 heterocycles. The van der Waals surface area contributed by atoms with E-state index in [-0.39, 0.29) is 11.3 Å². The third-order valence-corrected chi connectivity index (χ3v) is 4.03. The predicted molar refractivity (Wildman–Crippen MR) is 89.5 cm³/mol. The minimum Gasteiger partial charge on any atom is -0.450 e. The second-order valence-electron chi connectivity index (χ2n) is 5.72. The van der Waals surface area contributed by atoms with Gasteiger partial charge in [-0.05, 0) is 50.1 Å². The topological polar surface area (TPSA) is 66.0 Å². The van der Waals surface area contributed by atoms with E-state index in [0.717, 1.165) is 28.1 Å². The van der Waals surface area contributed by atoms with E-state index in [1.54, 1.807) is 6.07 Å². The zero-order valence-corrected chi connectivity index (χ0v) is 13.5. The molecule has 24 heavy (non-hydrogen) atoms. The Balaban J connectivity index is 2.01. The van der Waals surface area contributed by atoms with Gasteiger partial charge < -0.3 is 9.73 Å². The van der Waals surface area contributed by atoms with Crippen LogP contribution in [0.5, 0.6) is 0 Å². The van der Waals surface area contributed by atoms with Crippen LogP contribution in [0.1, 0.15) is 32.8 Å². The van der Waals surface area contributed by atoms with Crippen molar-refractivity contribution in [1.29, 1.82) is 5.26 Å². The standard InChI is InChI=1S/C19H15FN2O2/c1-10-4-5-11(2)17-16(10)12(3)18(24-17)19(23)22-14-6-7-15(20)13(8-14)9-21/h4-8H,1-3H3,(H,22,23). The van der Waals surface area contributed by atoms with E-state index in [1.807, 2.05) is 32.9 Å². The average molecular weight is 322 g/mol. The second kappa shape index (κ2) is 5.82. The number of halogens is 1. The number of nitrogens with zero attached hydrogens (tertiary/aromatic N) is 1. The SMILES string of the molecule is Cc1ccc(C)c2c(C)c(C(=O)Nc3ccc(F)c(C#N)c3)oc12. The largest absolute Gasteiger partial charge is 0.450 e. The number of benzene rings is 2. The fourth-order valence-electron chi connectivity index (χ4n) is 2.77. The molecule has 3 rings (SSSR count). The molecule has 0 aliphatic carbocycles. The predicted octanol–water partition coefficient (Wildman–Crippen LogP) is 4.62. The van der Waals surface area contributed by atoms with Crippen LogP contribution >= 0.6 is 0 Å². The Labute approximate surface area is 138 Å². The van der Waals surface area contributed by atoms with E-state index in [4.69, 9.17) is 9.68 Å². The Hall–Kier alpha value is -3.13. The molecule has 1 amide bonds. The third-order valence-electron chi connectivity index (χ3n) is 4.03. The smallest absolute Gasteiger partial charge is 0.291 e. The molecule has 0 aliphatic heterocycles. The lowest BCUT2D eigenvalue weighted by atomic mass is 10.0. The Morgan fingerprint density at radius 3 is 2.54 bits per heavy atom. The number of anilines is 1. The summed E-state index contributed by atoms with van der Waals surface area (Å²) < 4.78 is 19.1. The van der Waals surface area contributed by atoms with Crippen molar-refractivity contribution in [3.63, 3.8) is 0 Å². The van der Waals surface area contributed by atoms with E-state index < -0.39 is 11.7 Å². The van der Waals surface area contributed by atoms with Gasteiger partial charge in [0.2, 0.25) is 0 Å². The summed E-state index contributed by atoms with van der Waals surface area (Å²) in [4.78, 5) is 12.5. The molecule has 2 aromatic carbocycles. The highest BCUT2D eigenvalue weighted by atomic mass is 19.1. The highest BCUT2D eigenvalue weighted by molar-refractivity contribution is 6.07. The van der Waals surface area contributed by atoms with Crippen molar-refractivity contribution >= 4 is 22.6 Å². The van der Waals surface area contributed by atoms with E-state index in [0.29, 0.717) is 11.3 Å². The molecule has 120 valence electrons. The van der Waals surface area contributed by atoms with Gasteiger partial charge in [0.05, 0.1) is 5.56 Å². The van der Waals surface area contributed by atoms with Crippen molar-refractivity contribution in [3.05, 3.63) is 64.2 Å². The molecule has 4 nitrogen and oxygen atoms in total. The monoisotopic (exact) mass is 322 g/mol. The average Bonchev–Trinajstić information content (AvgIpc) is 2.92. The van der Waals surface area contributed by atoms with E-state index in [1.165, 1.54) is 12.1 Å². The van der Waals surface area contributed by atoms with Crippen molar-refractivity contribution in [1.82, 2.24) is 0 Å². The molecule has 1 aromatic heterocycles. The van der Waals surface area contributed by atoms with Crippen molar-refractivity contribution < 1.29 is 13.6 Å². The number of fused-ring (bicyclic) bond motifs is 1. The van der Waals surface area contributed by atoms with Gasteiger partial charge in [0.25, 0.3) is 5.91 Å². The maximum absolute atomic E-state index is 13.4. The van der Waals surface area contributed by atoms with Gasteiger partial charge in [0, 0.05) is 16.6 Å². The van der Waals surface area contributed by atoms with Crippen molar-refractivity contribution in [3.8, 4) is 6.07 Å². The van der Waals surface area contributed by atoms with Crippen LogP contribution in [0, 0.1) is 37.9 Å². The zero-order chi connectivity index (χ0) is 17.4. The lowest BCUT2D eigenvalue weighted by Gasteiger charge is -2.04. The number of rotatable bonds is 2. The van der Waals surface area contributed by atoms with Crippen molar-refractivity contribution in [2.75, 3.05) is 5.32 Å². The molecule has 1 N–H and O–H groups in total. The number of carbonyl (C=O) groups is 1. The molecule has 3 aromatic rings. The van der Waals surface area contributed by atoms with Crippen LogP contribution in [0.3, 0.4) is 0 Å². The van der Waals surface area contributed by atoms with Gasteiger partial charge in [0.15, 0.2) is 5.76 Å². The zero-order valence-electron chi connectivity index (χ0n) is 13.5. The van der Waals surface area contributed by atoms with Crippen LogP contribution in [0.15, 0.2) is 34.7 Å². The van der Waals surface area contributed by atoms with Gasteiger partial charge >= 0.3 is 0 Å². The summed E-state index contributed by atoms with van der Waals surface area (Å²) in [5, 5.41) is 12.5. The normalized spacial score (nSPS) is 10.6. The molecule has 0 bridgehead atoms. The first-order chi connectivity index (χ1) is 11.4. The van der Waals surface area contributed by atoms with Crippen LogP contribution in [0.2, 0.25) is 0 Å².